The van der Waals surface area contributed by atoms with E-state index < -0.39 is 0 Å². The van der Waals surface area contributed by atoms with Crippen LogP contribution < -0.4 is 0 Å². The van der Waals surface area contributed by atoms with Crippen LogP contribution in [0.2, 0.25) is 0 Å². The molecule has 0 amide bonds. The number of hydrogen-bond acceptors (Lipinski definition) is 3. The Kier molecular flexibility index (Phi) is 4.64. The topological polar surface area (TPSA) is 62.8 Å². The van der Waals surface area contributed by atoms with Crippen molar-refractivity contribution in [1.29, 1.82) is 0 Å². The Morgan fingerprint density at radius 3 is 2.75 bits per heavy atom. The highest BCUT2D eigenvalue weighted by Crippen LogP contribution is 2.07. The fraction of sp³-hybridized carbons (Fsp3) is 0.417. The van der Waals surface area contributed by atoms with Gasteiger partial charge in [0.15, 0.2) is 5.78 Å². The molecule has 1 rings (SSSR count). The summed E-state index contributed by atoms with van der Waals surface area (Å²) in [5.41, 5.74) is 1.45. The number of hydrogen-bond donors (Lipinski definition) is 1. The van der Waals surface area contributed by atoms with Crippen LogP contribution in [0.4, 0.5) is 0 Å². The van der Waals surface area contributed by atoms with Crippen molar-refractivity contribution >= 4 is 17.6 Å². The van der Waals surface area contributed by atoms with Crippen LogP contribution in [0.3, 0.4) is 0 Å². The number of carbonyl (C=O) groups excluding carboxylic acids is 2. The normalized spacial score (nSPS) is 11.5. The van der Waals surface area contributed by atoms with E-state index in [4.69, 9.17) is 0 Å². The zero-order valence-electron chi connectivity index (χ0n) is 9.62. The SMILES string of the molecule is CCC(=O)CCC(=O)/C(C)=C/c1cnc[nH]1. The number of aromatic nitrogens is 2. The van der Waals surface area contributed by atoms with E-state index in [-0.39, 0.29) is 11.6 Å². The van der Waals surface area contributed by atoms with Gasteiger partial charge in [0.1, 0.15) is 5.78 Å². The lowest BCUT2D eigenvalue weighted by Crippen LogP contribution is -2.04. The molecule has 86 valence electrons. The van der Waals surface area contributed by atoms with Crippen LogP contribution in [0.1, 0.15) is 38.8 Å². The van der Waals surface area contributed by atoms with Crippen molar-refractivity contribution < 1.29 is 9.59 Å². The second kappa shape index (κ2) is 6.00. The Morgan fingerprint density at radius 2 is 2.19 bits per heavy atom. The summed E-state index contributed by atoms with van der Waals surface area (Å²) in [6, 6.07) is 0. The third kappa shape index (κ3) is 3.81. The van der Waals surface area contributed by atoms with E-state index in [9.17, 15) is 9.59 Å². The van der Waals surface area contributed by atoms with Gasteiger partial charge in [-0.05, 0) is 18.6 Å². The highest BCUT2D eigenvalue weighted by molar-refractivity contribution is 6.00. The molecule has 1 heterocycles. The fourth-order valence-electron chi connectivity index (χ4n) is 1.29. The number of nitrogens with zero attached hydrogens (tertiary/aromatic N) is 1. The fourth-order valence-corrected chi connectivity index (χ4v) is 1.29. The maximum atomic E-state index is 11.6. The first-order valence-corrected chi connectivity index (χ1v) is 5.35. The van der Waals surface area contributed by atoms with Gasteiger partial charge >= 0.3 is 0 Å². The maximum absolute atomic E-state index is 11.6. The van der Waals surface area contributed by atoms with E-state index >= 15 is 0 Å². The first kappa shape index (κ1) is 12.4. The van der Waals surface area contributed by atoms with Gasteiger partial charge in [-0.3, -0.25) is 9.59 Å². The summed E-state index contributed by atoms with van der Waals surface area (Å²) in [7, 11) is 0. The van der Waals surface area contributed by atoms with Crippen LogP contribution in [0, 0.1) is 0 Å². The minimum Gasteiger partial charge on any atom is -0.345 e. The molecule has 0 saturated heterocycles. The highest BCUT2D eigenvalue weighted by Gasteiger charge is 2.07. The Morgan fingerprint density at radius 1 is 1.44 bits per heavy atom. The van der Waals surface area contributed by atoms with Crippen LogP contribution in [0.5, 0.6) is 0 Å². The molecule has 0 spiro atoms. The lowest BCUT2D eigenvalue weighted by Gasteiger charge is -1.99. The molecule has 16 heavy (non-hydrogen) atoms. The Hall–Kier alpha value is -1.71. The summed E-state index contributed by atoms with van der Waals surface area (Å²) in [6.45, 7) is 3.56. The predicted octanol–water partition coefficient (Wildman–Crippen LogP) is 2.14. The van der Waals surface area contributed by atoms with Crippen molar-refractivity contribution in [2.45, 2.75) is 33.1 Å². The van der Waals surface area contributed by atoms with Crippen LogP contribution >= 0.6 is 0 Å². The summed E-state index contributed by atoms with van der Waals surface area (Å²) in [5.74, 6) is 0.138. The van der Waals surface area contributed by atoms with E-state index in [1.54, 1.807) is 32.4 Å². The van der Waals surface area contributed by atoms with Crippen LogP contribution in [-0.2, 0) is 9.59 Å². The summed E-state index contributed by atoms with van der Waals surface area (Å²) >= 11 is 0. The molecule has 0 aliphatic rings. The minimum atomic E-state index is 0.0106. The van der Waals surface area contributed by atoms with Crippen molar-refractivity contribution in [3.05, 3.63) is 23.8 Å². The van der Waals surface area contributed by atoms with Gasteiger partial charge in [-0.25, -0.2) is 4.98 Å². The van der Waals surface area contributed by atoms with Crippen LogP contribution in [0.25, 0.3) is 6.08 Å². The molecule has 0 aromatic carbocycles. The number of carbonyl (C=O) groups is 2. The predicted molar refractivity (Wildman–Crippen MR) is 61.8 cm³/mol. The molecule has 4 nitrogen and oxygen atoms in total. The van der Waals surface area contributed by atoms with Gasteiger partial charge in [-0.15, -0.1) is 0 Å². The number of nitrogens with one attached hydrogen (secondary N) is 1. The molecule has 0 fully saturated rings. The summed E-state index contributed by atoms with van der Waals surface area (Å²) in [6.07, 6.45) is 6.08. The average molecular weight is 220 g/mol. The van der Waals surface area contributed by atoms with Gasteiger partial charge in [0.25, 0.3) is 0 Å². The van der Waals surface area contributed by atoms with Crippen LogP contribution in [0.15, 0.2) is 18.1 Å². The number of allylic oxidation sites excluding steroid dienone is 1. The first-order chi connectivity index (χ1) is 7.63. The molecule has 1 N–H and O–H groups in total. The maximum Gasteiger partial charge on any atom is 0.159 e. The summed E-state index contributed by atoms with van der Waals surface area (Å²) in [5, 5.41) is 0. The third-order valence-electron chi connectivity index (χ3n) is 2.36. The number of H-pyrrole nitrogens is 1. The van der Waals surface area contributed by atoms with Gasteiger partial charge < -0.3 is 4.98 Å². The Labute approximate surface area is 94.8 Å². The number of rotatable bonds is 6. The van der Waals surface area contributed by atoms with E-state index in [1.807, 2.05) is 0 Å². The number of ketones is 2. The van der Waals surface area contributed by atoms with Gasteiger partial charge in [0.2, 0.25) is 0 Å². The standard InChI is InChI=1S/C12H16N2O2/c1-3-11(15)4-5-12(16)9(2)6-10-7-13-8-14-10/h6-8H,3-5H2,1-2H3,(H,13,14)/b9-6+. The molecule has 0 aliphatic heterocycles. The smallest absolute Gasteiger partial charge is 0.159 e. The molecule has 0 aliphatic carbocycles. The zero-order chi connectivity index (χ0) is 12.0. The Bertz CT molecular complexity index is 391. The molecule has 0 bridgehead atoms. The number of Topliss-reactive ketones (excluding diaryl/α,β-unsaturated/α-hetero) is 2. The molecule has 4 heteroatoms. The van der Waals surface area contributed by atoms with E-state index in [0.29, 0.717) is 24.8 Å². The van der Waals surface area contributed by atoms with Gasteiger partial charge in [0, 0.05) is 19.3 Å². The summed E-state index contributed by atoms with van der Waals surface area (Å²) in [4.78, 5) is 29.5. The van der Waals surface area contributed by atoms with E-state index in [0.717, 1.165) is 5.69 Å². The van der Waals surface area contributed by atoms with Gasteiger partial charge in [-0.1, -0.05) is 6.92 Å². The number of aromatic amines is 1. The van der Waals surface area contributed by atoms with E-state index in [1.165, 1.54) is 0 Å². The molecular formula is C12H16N2O2. The highest BCUT2D eigenvalue weighted by atomic mass is 16.1. The number of imidazole rings is 1. The van der Waals surface area contributed by atoms with Crippen molar-refractivity contribution in [2.75, 3.05) is 0 Å². The summed E-state index contributed by atoms with van der Waals surface area (Å²) < 4.78 is 0. The quantitative estimate of drug-likeness (QED) is 0.747. The monoisotopic (exact) mass is 220 g/mol. The zero-order valence-corrected chi connectivity index (χ0v) is 9.62. The molecular weight excluding hydrogens is 204 g/mol. The molecule has 1 aromatic heterocycles. The second-order valence-electron chi connectivity index (χ2n) is 3.65. The van der Waals surface area contributed by atoms with Crippen molar-refractivity contribution in [1.82, 2.24) is 9.97 Å². The van der Waals surface area contributed by atoms with E-state index in [2.05, 4.69) is 9.97 Å². The second-order valence-corrected chi connectivity index (χ2v) is 3.65. The van der Waals surface area contributed by atoms with Crippen molar-refractivity contribution in [2.24, 2.45) is 0 Å². The molecule has 0 radical (unpaired) electrons. The molecule has 0 unspecified atom stereocenters. The lowest BCUT2D eigenvalue weighted by molar-refractivity contribution is -0.122. The van der Waals surface area contributed by atoms with Gasteiger partial charge in [0.05, 0.1) is 18.2 Å². The van der Waals surface area contributed by atoms with Gasteiger partial charge in [-0.2, -0.15) is 0 Å². The molecule has 1 aromatic rings. The Balaban J connectivity index is 2.51. The van der Waals surface area contributed by atoms with Crippen LogP contribution in [-0.4, -0.2) is 21.5 Å². The molecule has 0 atom stereocenters. The lowest BCUT2D eigenvalue weighted by atomic mass is 10.0. The third-order valence-corrected chi connectivity index (χ3v) is 2.36. The largest absolute Gasteiger partial charge is 0.345 e. The van der Waals surface area contributed by atoms with Crippen molar-refractivity contribution in [3.8, 4) is 0 Å². The minimum absolute atomic E-state index is 0.0106. The first-order valence-electron chi connectivity index (χ1n) is 5.35. The molecule has 0 saturated carbocycles. The average Bonchev–Trinajstić information content (AvgIpc) is 2.77. The van der Waals surface area contributed by atoms with Crippen molar-refractivity contribution in [3.63, 3.8) is 0 Å².